The lowest BCUT2D eigenvalue weighted by Crippen LogP contribution is -2.27. The average molecular weight is 288 g/mol. The maximum atomic E-state index is 13.3. The summed E-state index contributed by atoms with van der Waals surface area (Å²) in [6, 6.07) is 4.51. The maximum Gasteiger partial charge on any atom is 0.414 e. The Balaban J connectivity index is 2.09. The molecule has 0 heterocycles. The number of rotatable bonds is 2. The zero-order chi connectivity index (χ0) is 11.7. The molecular formula is C11H11BrFNO2. The van der Waals surface area contributed by atoms with Crippen LogP contribution in [0.2, 0.25) is 0 Å². The third-order valence-electron chi connectivity index (χ3n) is 2.36. The third kappa shape index (κ3) is 2.52. The van der Waals surface area contributed by atoms with Crippen molar-refractivity contribution in [2.45, 2.75) is 18.9 Å². The van der Waals surface area contributed by atoms with Crippen molar-refractivity contribution < 1.29 is 13.9 Å². The molecule has 1 amide bonds. The van der Waals surface area contributed by atoms with Crippen molar-refractivity contribution >= 4 is 27.7 Å². The highest BCUT2D eigenvalue weighted by Gasteiger charge is 2.27. The van der Waals surface area contributed by atoms with Crippen molar-refractivity contribution in [2.24, 2.45) is 0 Å². The van der Waals surface area contributed by atoms with E-state index in [1.165, 1.54) is 11.0 Å². The number of halogens is 2. The van der Waals surface area contributed by atoms with E-state index in [2.05, 4.69) is 15.9 Å². The van der Waals surface area contributed by atoms with Gasteiger partial charge in [0.15, 0.2) is 0 Å². The van der Waals surface area contributed by atoms with Gasteiger partial charge in [0.05, 0.1) is 4.47 Å². The number of amides is 1. The van der Waals surface area contributed by atoms with Crippen LogP contribution in [0.25, 0.3) is 0 Å². The van der Waals surface area contributed by atoms with Crippen molar-refractivity contribution in [1.29, 1.82) is 0 Å². The first-order valence-corrected chi connectivity index (χ1v) is 5.76. The van der Waals surface area contributed by atoms with Crippen LogP contribution in [0.1, 0.15) is 12.8 Å². The standard InChI is InChI=1S/C11H11BrFNO2/c1-14(11(15)16-8-3-4-8)7-2-5-9(12)10(13)6-7/h2,5-6,8H,3-4H2,1H3. The zero-order valence-electron chi connectivity index (χ0n) is 8.74. The smallest absolute Gasteiger partial charge is 0.414 e. The number of hydrogen-bond donors (Lipinski definition) is 0. The molecule has 0 spiro atoms. The van der Waals surface area contributed by atoms with Gasteiger partial charge in [-0.05, 0) is 47.0 Å². The summed E-state index contributed by atoms with van der Waals surface area (Å²) in [5.41, 5.74) is 0.478. The van der Waals surface area contributed by atoms with E-state index in [1.807, 2.05) is 0 Å². The molecule has 1 aromatic carbocycles. The Labute approximate surface area is 101 Å². The lowest BCUT2D eigenvalue weighted by molar-refractivity contribution is 0.148. The van der Waals surface area contributed by atoms with Crippen LogP contribution in [-0.4, -0.2) is 19.2 Å². The Morgan fingerprint density at radius 3 is 2.81 bits per heavy atom. The highest BCUT2D eigenvalue weighted by atomic mass is 79.9. The summed E-state index contributed by atoms with van der Waals surface area (Å²) in [6.07, 6.45) is 1.46. The molecule has 0 atom stereocenters. The summed E-state index contributed by atoms with van der Waals surface area (Å²) >= 11 is 3.06. The van der Waals surface area contributed by atoms with Gasteiger partial charge in [0, 0.05) is 12.7 Å². The maximum absolute atomic E-state index is 13.3. The molecule has 1 aliphatic carbocycles. The van der Waals surface area contributed by atoms with Gasteiger partial charge in [-0.3, -0.25) is 4.90 Å². The lowest BCUT2D eigenvalue weighted by Gasteiger charge is -2.17. The molecule has 1 saturated carbocycles. The fourth-order valence-corrected chi connectivity index (χ4v) is 1.45. The van der Waals surface area contributed by atoms with Gasteiger partial charge < -0.3 is 4.74 Å². The highest BCUT2D eigenvalue weighted by Crippen LogP contribution is 2.26. The monoisotopic (exact) mass is 287 g/mol. The van der Waals surface area contributed by atoms with Crippen LogP contribution in [0.4, 0.5) is 14.9 Å². The summed E-state index contributed by atoms with van der Waals surface area (Å²) in [5.74, 6) is -0.399. The molecule has 86 valence electrons. The van der Waals surface area contributed by atoms with Crippen molar-refractivity contribution in [3.05, 3.63) is 28.5 Å². The van der Waals surface area contributed by atoms with Crippen LogP contribution in [-0.2, 0) is 4.74 Å². The predicted molar refractivity (Wildman–Crippen MR) is 62.0 cm³/mol. The molecule has 2 rings (SSSR count). The number of carbonyl (C=O) groups excluding carboxylic acids is 1. The summed E-state index contributed by atoms with van der Waals surface area (Å²) in [4.78, 5) is 12.9. The molecule has 0 bridgehead atoms. The average Bonchev–Trinajstić information content (AvgIpc) is 3.05. The molecule has 16 heavy (non-hydrogen) atoms. The van der Waals surface area contributed by atoms with E-state index in [4.69, 9.17) is 4.74 Å². The van der Waals surface area contributed by atoms with E-state index in [-0.39, 0.29) is 6.10 Å². The minimum absolute atomic E-state index is 0.0512. The van der Waals surface area contributed by atoms with Crippen molar-refractivity contribution in [3.8, 4) is 0 Å². The molecule has 0 unspecified atom stereocenters. The van der Waals surface area contributed by atoms with Gasteiger partial charge in [-0.25, -0.2) is 9.18 Å². The Bertz CT molecular complexity index is 420. The molecule has 3 nitrogen and oxygen atoms in total. The number of carbonyl (C=O) groups is 1. The second-order valence-electron chi connectivity index (χ2n) is 3.74. The highest BCUT2D eigenvalue weighted by molar-refractivity contribution is 9.10. The molecule has 5 heteroatoms. The predicted octanol–water partition coefficient (Wildman–Crippen LogP) is 3.32. The topological polar surface area (TPSA) is 29.5 Å². The van der Waals surface area contributed by atoms with Gasteiger partial charge in [-0.1, -0.05) is 0 Å². The third-order valence-corrected chi connectivity index (χ3v) is 3.00. The molecule has 0 aliphatic heterocycles. The Morgan fingerprint density at radius 1 is 1.56 bits per heavy atom. The van der Waals surface area contributed by atoms with Crippen LogP contribution in [0.15, 0.2) is 22.7 Å². The first-order chi connectivity index (χ1) is 7.58. The molecule has 0 aromatic heterocycles. The minimum atomic E-state index is -0.441. The summed E-state index contributed by atoms with van der Waals surface area (Å²) in [7, 11) is 1.56. The van der Waals surface area contributed by atoms with E-state index < -0.39 is 11.9 Å². The van der Waals surface area contributed by atoms with Gasteiger partial charge >= 0.3 is 6.09 Å². The van der Waals surface area contributed by atoms with E-state index in [0.717, 1.165) is 12.8 Å². The van der Waals surface area contributed by atoms with Crippen molar-refractivity contribution in [3.63, 3.8) is 0 Å². The molecular weight excluding hydrogens is 277 g/mol. The number of benzene rings is 1. The first kappa shape index (κ1) is 11.4. The Hall–Kier alpha value is -1.10. The van der Waals surface area contributed by atoms with Crippen LogP contribution >= 0.6 is 15.9 Å². The Morgan fingerprint density at radius 2 is 2.25 bits per heavy atom. The fourth-order valence-electron chi connectivity index (χ4n) is 1.21. The quantitative estimate of drug-likeness (QED) is 0.835. The van der Waals surface area contributed by atoms with Gasteiger partial charge in [0.25, 0.3) is 0 Å². The van der Waals surface area contributed by atoms with Gasteiger partial charge in [-0.2, -0.15) is 0 Å². The van der Waals surface area contributed by atoms with Crippen LogP contribution in [0.5, 0.6) is 0 Å². The normalized spacial score (nSPS) is 14.7. The van der Waals surface area contributed by atoms with E-state index in [0.29, 0.717) is 10.2 Å². The number of hydrogen-bond acceptors (Lipinski definition) is 2. The second-order valence-corrected chi connectivity index (χ2v) is 4.59. The molecule has 0 saturated heterocycles. The molecule has 0 N–H and O–H groups in total. The molecule has 1 aliphatic rings. The van der Waals surface area contributed by atoms with Crippen molar-refractivity contribution in [1.82, 2.24) is 0 Å². The van der Waals surface area contributed by atoms with E-state index in [1.54, 1.807) is 19.2 Å². The lowest BCUT2D eigenvalue weighted by atomic mass is 10.3. The fraction of sp³-hybridized carbons (Fsp3) is 0.364. The summed E-state index contributed by atoms with van der Waals surface area (Å²) in [6.45, 7) is 0. The molecule has 1 aromatic rings. The number of nitrogens with zero attached hydrogens (tertiary/aromatic N) is 1. The largest absolute Gasteiger partial charge is 0.446 e. The van der Waals surface area contributed by atoms with E-state index >= 15 is 0 Å². The molecule has 1 fully saturated rings. The molecule has 0 radical (unpaired) electrons. The summed E-state index contributed by atoms with van der Waals surface area (Å²) < 4.78 is 18.7. The van der Waals surface area contributed by atoms with Gasteiger partial charge in [0.1, 0.15) is 11.9 Å². The van der Waals surface area contributed by atoms with Gasteiger partial charge in [-0.15, -0.1) is 0 Å². The second kappa shape index (κ2) is 4.41. The van der Waals surface area contributed by atoms with Crippen LogP contribution in [0, 0.1) is 5.82 Å². The first-order valence-electron chi connectivity index (χ1n) is 4.97. The summed E-state index contributed by atoms with van der Waals surface area (Å²) in [5, 5.41) is 0. The number of ether oxygens (including phenoxy) is 1. The number of anilines is 1. The minimum Gasteiger partial charge on any atom is -0.446 e. The SMILES string of the molecule is CN(C(=O)OC1CC1)c1ccc(Br)c(F)c1. The van der Waals surface area contributed by atoms with E-state index in [9.17, 15) is 9.18 Å². The van der Waals surface area contributed by atoms with Crippen molar-refractivity contribution in [2.75, 3.05) is 11.9 Å². The van der Waals surface area contributed by atoms with Gasteiger partial charge in [0.2, 0.25) is 0 Å². The zero-order valence-corrected chi connectivity index (χ0v) is 10.3. The van der Waals surface area contributed by atoms with Crippen LogP contribution in [0.3, 0.4) is 0 Å². The van der Waals surface area contributed by atoms with Crippen LogP contribution < -0.4 is 4.90 Å². The Kier molecular flexibility index (Phi) is 3.14.